The summed E-state index contributed by atoms with van der Waals surface area (Å²) in [6.45, 7) is 4.74. The first-order valence-corrected chi connectivity index (χ1v) is 5.70. The molecule has 0 saturated carbocycles. The molecule has 0 radical (unpaired) electrons. The molecule has 1 fully saturated rings. The monoisotopic (exact) mass is 235 g/mol. The number of epoxide rings is 1. The SMILES string of the molecule is CC1(C)OC1COC(=O)NCc1ccccc1. The summed E-state index contributed by atoms with van der Waals surface area (Å²) in [7, 11) is 0. The van der Waals surface area contributed by atoms with Crippen molar-refractivity contribution in [3.63, 3.8) is 0 Å². The highest BCUT2D eigenvalue weighted by Crippen LogP contribution is 2.35. The molecular formula is C13H17NO3. The first-order valence-electron chi connectivity index (χ1n) is 5.70. The quantitative estimate of drug-likeness (QED) is 0.813. The zero-order chi connectivity index (χ0) is 12.3. The summed E-state index contributed by atoms with van der Waals surface area (Å²) in [5.41, 5.74) is 0.909. The van der Waals surface area contributed by atoms with Crippen LogP contribution >= 0.6 is 0 Å². The predicted molar refractivity (Wildman–Crippen MR) is 63.6 cm³/mol. The smallest absolute Gasteiger partial charge is 0.407 e. The minimum absolute atomic E-state index is 0.0324. The maximum absolute atomic E-state index is 11.4. The van der Waals surface area contributed by atoms with Gasteiger partial charge < -0.3 is 14.8 Å². The van der Waals surface area contributed by atoms with E-state index in [9.17, 15) is 4.79 Å². The molecule has 4 nitrogen and oxygen atoms in total. The van der Waals surface area contributed by atoms with Crippen LogP contribution < -0.4 is 5.32 Å². The molecule has 1 saturated heterocycles. The Morgan fingerprint density at radius 3 is 2.65 bits per heavy atom. The van der Waals surface area contributed by atoms with Crippen molar-refractivity contribution in [1.29, 1.82) is 0 Å². The van der Waals surface area contributed by atoms with E-state index in [4.69, 9.17) is 9.47 Å². The third-order valence-electron chi connectivity index (χ3n) is 2.81. The van der Waals surface area contributed by atoms with Gasteiger partial charge in [-0.15, -0.1) is 0 Å². The highest BCUT2D eigenvalue weighted by atomic mass is 16.6. The van der Waals surface area contributed by atoms with E-state index >= 15 is 0 Å². The van der Waals surface area contributed by atoms with Crippen LogP contribution in [0.3, 0.4) is 0 Å². The molecule has 92 valence electrons. The van der Waals surface area contributed by atoms with Gasteiger partial charge in [-0.25, -0.2) is 4.79 Å². The number of rotatable bonds is 4. The van der Waals surface area contributed by atoms with Crippen LogP contribution in [0.15, 0.2) is 30.3 Å². The lowest BCUT2D eigenvalue weighted by atomic mass is 10.1. The van der Waals surface area contributed by atoms with E-state index in [-0.39, 0.29) is 11.7 Å². The van der Waals surface area contributed by atoms with E-state index in [1.807, 2.05) is 44.2 Å². The van der Waals surface area contributed by atoms with Gasteiger partial charge >= 0.3 is 6.09 Å². The molecule has 1 unspecified atom stereocenters. The van der Waals surface area contributed by atoms with Gasteiger partial charge in [-0.05, 0) is 19.4 Å². The van der Waals surface area contributed by atoms with Crippen molar-refractivity contribution in [3.05, 3.63) is 35.9 Å². The van der Waals surface area contributed by atoms with Crippen molar-refractivity contribution in [3.8, 4) is 0 Å². The van der Waals surface area contributed by atoms with Crippen molar-refractivity contribution in [2.24, 2.45) is 0 Å². The van der Waals surface area contributed by atoms with E-state index in [1.54, 1.807) is 0 Å². The highest BCUT2D eigenvalue weighted by Gasteiger charge is 2.48. The third-order valence-corrected chi connectivity index (χ3v) is 2.81. The second-order valence-electron chi connectivity index (χ2n) is 4.65. The predicted octanol–water partition coefficient (Wildman–Crippen LogP) is 2.09. The van der Waals surface area contributed by atoms with Crippen LogP contribution in [0.5, 0.6) is 0 Å². The molecule has 1 aromatic carbocycles. The number of amides is 1. The lowest BCUT2D eigenvalue weighted by Gasteiger charge is -2.06. The van der Waals surface area contributed by atoms with Gasteiger partial charge in [-0.2, -0.15) is 0 Å². The Morgan fingerprint density at radius 1 is 1.41 bits per heavy atom. The lowest BCUT2D eigenvalue weighted by molar-refractivity contribution is 0.135. The molecule has 0 spiro atoms. The highest BCUT2D eigenvalue weighted by molar-refractivity contribution is 5.67. The van der Waals surface area contributed by atoms with Crippen LogP contribution in [0, 0.1) is 0 Å². The van der Waals surface area contributed by atoms with Crippen LogP contribution in [0.2, 0.25) is 0 Å². The Morgan fingerprint density at radius 2 is 2.06 bits per heavy atom. The first kappa shape index (κ1) is 11.9. The van der Waals surface area contributed by atoms with Crippen LogP contribution in [0.1, 0.15) is 19.4 Å². The summed E-state index contributed by atoms with van der Waals surface area (Å²) < 4.78 is 10.4. The maximum atomic E-state index is 11.4. The van der Waals surface area contributed by atoms with E-state index in [0.29, 0.717) is 13.2 Å². The van der Waals surface area contributed by atoms with E-state index in [2.05, 4.69) is 5.32 Å². The largest absolute Gasteiger partial charge is 0.447 e. The number of nitrogens with one attached hydrogen (secondary N) is 1. The number of hydrogen-bond donors (Lipinski definition) is 1. The van der Waals surface area contributed by atoms with Crippen LogP contribution in [-0.2, 0) is 16.0 Å². The van der Waals surface area contributed by atoms with E-state index in [0.717, 1.165) is 5.56 Å². The Balaban J connectivity index is 1.65. The molecule has 2 rings (SSSR count). The van der Waals surface area contributed by atoms with Crippen LogP contribution in [-0.4, -0.2) is 24.4 Å². The molecule has 1 N–H and O–H groups in total. The normalized spacial score (nSPS) is 20.7. The Kier molecular flexibility index (Phi) is 3.33. The van der Waals surface area contributed by atoms with Crippen molar-refractivity contribution in [2.45, 2.75) is 32.1 Å². The average molecular weight is 235 g/mol. The lowest BCUT2D eigenvalue weighted by Crippen LogP contribution is -2.26. The van der Waals surface area contributed by atoms with Crippen molar-refractivity contribution >= 4 is 6.09 Å². The van der Waals surface area contributed by atoms with Gasteiger partial charge in [-0.1, -0.05) is 30.3 Å². The number of hydrogen-bond acceptors (Lipinski definition) is 3. The molecule has 17 heavy (non-hydrogen) atoms. The Hall–Kier alpha value is -1.55. The zero-order valence-electron chi connectivity index (χ0n) is 10.1. The number of ether oxygens (including phenoxy) is 2. The van der Waals surface area contributed by atoms with Crippen molar-refractivity contribution < 1.29 is 14.3 Å². The molecule has 1 aliphatic rings. The summed E-state index contributed by atoms with van der Waals surface area (Å²) in [5, 5.41) is 2.69. The third kappa shape index (κ3) is 3.46. The molecule has 4 heteroatoms. The van der Waals surface area contributed by atoms with Gasteiger partial charge in [-0.3, -0.25) is 0 Å². The molecule has 1 atom stereocenters. The minimum atomic E-state index is -0.403. The van der Waals surface area contributed by atoms with E-state index in [1.165, 1.54) is 0 Å². The van der Waals surface area contributed by atoms with Gasteiger partial charge in [0.2, 0.25) is 0 Å². The van der Waals surface area contributed by atoms with Crippen molar-refractivity contribution in [1.82, 2.24) is 5.32 Å². The topological polar surface area (TPSA) is 50.9 Å². The standard InChI is InChI=1S/C13H17NO3/c1-13(2)11(17-13)9-16-12(15)14-8-10-6-4-3-5-7-10/h3-7,11H,8-9H2,1-2H3,(H,14,15). The summed E-state index contributed by atoms with van der Waals surface area (Å²) in [6.07, 6.45) is -0.370. The number of carbonyl (C=O) groups is 1. The minimum Gasteiger partial charge on any atom is -0.447 e. The zero-order valence-corrected chi connectivity index (χ0v) is 10.1. The van der Waals surface area contributed by atoms with E-state index < -0.39 is 6.09 Å². The second kappa shape index (κ2) is 4.75. The van der Waals surface area contributed by atoms with Gasteiger partial charge in [0.05, 0.1) is 5.60 Å². The Bertz CT molecular complexity index is 389. The molecule has 0 aliphatic carbocycles. The molecule has 0 bridgehead atoms. The molecule has 1 amide bonds. The molecule has 0 aromatic heterocycles. The molecular weight excluding hydrogens is 218 g/mol. The van der Waals surface area contributed by atoms with Crippen LogP contribution in [0.25, 0.3) is 0 Å². The van der Waals surface area contributed by atoms with Crippen LogP contribution in [0.4, 0.5) is 4.79 Å². The van der Waals surface area contributed by atoms with Gasteiger partial charge in [0.1, 0.15) is 12.7 Å². The number of carbonyl (C=O) groups excluding carboxylic acids is 1. The fourth-order valence-electron chi connectivity index (χ4n) is 1.54. The summed E-state index contributed by atoms with van der Waals surface area (Å²) in [5.74, 6) is 0. The fourth-order valence-corrected chi connectivity index (χ4v) is 1.54. The van der Waals surface area contributed by atoms with Gasteiger partial charge in [0.15, 0.2) is 0 Å². The first-order chi connectivity index (χ1) is 8.08. The summed E-state index contributed by atoms with van der Waals surface area (Å²) in [4.78, 5) is 11.4. The second-order valence-corrected chi connectivity index (χ2v) is 4.65. The summed E-state index contributed by atoms with van der Waals surface area (Å²) >= 11 is 0. The molecule has 1 heterocycles. The molecule has 1 aliphatic heterocycles. The fraction of sp³-hybridized carbons (Fsp3) is 0.462. The van der Waals surface area contributed by atoms with Gasteiger partial charge in [0.25, 0.3) is 0 Å². The van der Waals surface area contributed by atoms with Gasteiger partial charge in [0, 0.05) is 6.54 Å². The molecule has 1 aromatic rings. The maximum Gasteiger partial charge on any atom is 0.407 e. The number of benzene rings is 1. The Labute approximate surface area is 101 Å². The average Bonchev–Trinajstić information content (AvgIpc) is 2.93. The summed E-state index contributed by atoms with van der Waals surface area (Å²) in [6, 6.07) is 9.71. The number of alkyl carbamates (subject to hydrolysis) is 1. The van der Waals surface area contributed by atoms with Crippen molar-refractivity contribution in [2.75, 3.05) is 6.61 Å².